The molecule has 0 heterocycles. The SMILES string of the molecule is COc1cc(/C=N\NC(=O)C(=O)Nc2ccc(C)c(Cl)c2)ccc1OC(=O)c1cccc(Br)c1. The molecule has 8 nitrogen and oxygen atoms in total. The molecule has 3 aromatic rings. The summed E-state index contributed by atoms with van der Waals surface area (Å²) in [4.78, 5) is 36.4. The van der Waals surface area contributed by atoms with Crippen LogP contribution in [0, 0.1) is 6.92 Å². The molecule has 174 valence electrons. The molecule has 0 aliphatic rings. The second kappa shape index (κ2) is 11.4. The lowest BCUT2D eigenvalue weighted by Crippen LogP contribution is -2.32. The highest BCUT2D eigenvalue weighted by Crippen LogP contribution is 2.28. The summed E-state index contributed by atoms with van der Waals surface area (Å²) in [5, 5.41) is 6.69. The predicted octanol–water partition coefficient (Wildman–Crippen LogP) is 4.73. The summed E-state index contributed by atoms with van der Waals surface area (Å²) >= 11 is 9.33. The first-order chi connectivity index (χ1) is 16.3. The number of hydrogen-bond donors (Lipinski definition) is 2. The van der Waals surface area contributed by atoms with Crippen LogP contribution in [0.5, 0.6) is 11.5 Å². The molecule has 0 atom stereocenters. The molecule has 0 fully saturated rings. The molecule has 0 saturated heterocycles. The first-order valence-corrected chi connectivity index (χ1v) is 11.0. The second-order valence-corrected chi connectivity index (χ2v) is 8.25. The Morgan fingerprint density at radius 2 is 1.79 bits per heavy atom. The molecular formula is C24H19BrClN3O5. The number of hydrogen-bond acceptors (Lipinski definition) is 6. The lowest BCUT2D eigenvalue weighted by molar-refractivity contribution is -0.136. The summed E-state index contributed by atoms with van der Waals surface area (Å²) in [5.74, 6) is -1.91. The van der Waals surface area contributed by atoms with Crippen LogP contribution in [0.3, 0.4) is 0 Å². The van der Waals surface area contributed by atoms with Crippen molar-refractivity contribution in [3.8, 4) is 11.5 Å². The molecule has 3 aromatic carbocycles. The minimum absolute atomic E-state index is 0.213. The van der Waals surface area contributed by atoms with E-state index in [0.717, 1.165) is 10.0 Å². The van der Waals surface area contributed by atoms with E-state index in [4.69, 9.17) is 21.1 Å². The van der Waals surface area contributed by atoms with Crippen LogP contribution in [0.2, 0.25) is 5.02 Å². The molecule has 0 aromatic heterocycles. The van der Waals surface area contributed by atoms with Crippen LogP contribution in [0.4, 0.5) is 5.69 Å². The van der Waals surface area contributed by atoms with E-state index in [0.29, 0.717) is 21.8 Å². The number of carbonyl (C=O) groups excluding carboxylic acids is 3. The van der Waals surface area contributed by atoms with Gasteiger partial charge in [-0.3, -0.25) is 9.59 Å². The molecule has 0 unspecified atom stereocenters. The number of aryl methyl sites for hydroxylation is 1. The molecule has 0 saturated carbocycles. The number of ether oxygens (including phenoxy) is 2. The fraction of sp³-hybridized carbons (Fsp3) is 0.0833. The smallest absolute Gasteiger partial charge is 0.343 e. The van der Waals surface area contributed by atoms with E-state index in [1.807, 2.05) is 6.92 Å². The number of methoxy groups -OCH3 is 1. The normalized spacial score (nSPS) is 10.6. The van der Waals surface area contributed by atoms with Crippen LogP contribution in [0.15, 0.2) is 70.2 Å². The van der Waals surface area contributed by atoms with Gasteiger partial charge in [0.15, 0.2) is 11.5 Å². The van der Waals surface area contributed by atoms with Gasteiger partial charge >= 0.3 is 17.8 Å². The molecule has 2 amide bonds. The Morgan fingerprint density at radius 1 is 1.00 bits per heavy atom. The van der Waals surface area contributed by atoms with Crippen LogP contribution in [-0.2, 0) is 9.59 Å². The van der Waals surface area contributed by atoms with Crippen LogP contribution in [-0.4, -0.2) is 31.1 Å². The van der Waals surface area contributed by atoms with E-state index >= 15 is 0 Å². The molecular weight excluding hydrogens is 526 g/mol. The lowest BCUT2D eigenvalue weighted by Gasteiger charge is -2.10. The third-order valence-electron chi connectivity index (χ3n) is 4.47. The number of amides is 2. The van der Waals surface area contributed by atoms with Gasteiger partial charge in [0.1, 0.15) is 0 Å². The molecule has 34 heavy (non-hydrogen) atoms. The van der Waals surface area contributed by atoms with Gasteiger partial charge in [-0.1, -0.05) is 39.7 Å². The van der Waals surface area contributed by atoms with E-state index in [1.54, 1.807) is 54.6 Å². The first-order valence-electron chi connectivity index (χ1n) is 9.83. The summed E-state index contributed by atoms with van der Waals surface area (Å²) in [6, 6.07) is 16.4. The third-order valence-corrected chi connectivity index (χ3v) is 5.37. The molecule has 0 aliphatic carbocycles. The Morgan fingerprint density at radius 3 is 2.50 bits per heavy atom. The number of benzene rings is 3. The van der Waals surface area contributed by atoms with Crippen molar-refractivity contribution in [2.75, 3.05) is 12.4 Å². The number of carbonyl (C=O) groups is 3. The Balaban J connectivity index is 1.61. The van der Waals surface area contributed by atoms with Gasteiger partial charge in [-0.2, -0.15) is 5.10 Å². The van der Waals surface area contributed by atoms with Gasteiger partial charge < -0.3 is 14.8 Å². The van der Waals surface area contributed by atoms with Gasteiger partial charge in [0.25, 0.3) is 0 Å². The van der Waals surface area contributed by atoms with Crippen molar-refractivity contribution in [2.45, 2.75) is 6.92 Å². The van der Waals surface area contributed by atoms with Crippen LogP contribution >= 0.6 is 27.5 Å². The zero-order valence-corrected chi connectivity index (χ0v) is 20.4. The molecule has 0 aliphatic heterocycles. The van der Waals surface area contributed by atoms with Gasteiger partial charge in [-0.05, 0) is 66.6 Å². The summed E-state index contributed by atoms with van der Waals surface area (Å²) in [6.07, 6.45) is 1.32. The highest BCUT2D eigenvalue weighted by Gasteiger charge is 2.15. The zero-order chi connectivity index (χ0) is 24.7. The summed E-state index contributed by atoms with van der Waals surface area (Å²) in [5.41, 5.74) is 4.28. The number of halogens is 2. The highest BCUT2D eigenvalue weighted by atomic mass is 79.9. The molecule has 2 N–H and O–H groups in total. The quantitative estimate of drug-likeness (QED) is 0.153. The number of esters is 1. The summed E-state index contributed by atoms with van der Waals surface area (Å²) in [7, 11) is 1.43. The topological polar surface area (TPSA) is 106 Å². The lowest BCUT2D eigenvalue weighted by atomic mass is 10.2. The maximum Gasteiger partial charge on any atom is 0.343 e. The maximum atomic E-state index is 12.4. The molecule has 0 bridgehead atoms. The van der Waals surface area contributed by atoms with E-state index in [9.17, 15) is 14.4 Å². The fourth-order valence-electron chi connectivity index (χ4n) is 2.70. The average molecular weight is 545 g/mol. The van der Waals surface area contributed by atoms with Crippen LogP contribution in [0.1, 0.15) is 21.5 Å². The van der Waals surface area contributed by atoms with E-state index in [1.165, 1.54) is 19.4 Å². The van der Waals surface area contributed by atoms with Crippen molar-refractivity contribution in [3.05, 3.63) is 86.8 Å². The Hall–Kier alpha value is -3.69. The van der Waals surface area contributed by atoms with Crippen molar-refractivity contribution in [1.82, 2.24) is 5.43 Å². The van der Waals surface area contributed by atoms with Gasteiger partial charge in [-0.15, -0.1) is 0 Å². The minimum atomic E-state index is -0.959. The standard InChI is InChI=1S/C24H19BrClN3O5/c1-14-6-8-18(12-19(14)26)28-22(30)23(31)29-27-13-15-7-9-20(21(10-15)33-2)34-24(32)16-4-3-5-17(25)11-16/h3-13H,1-2H3,(H,28,30)(H,29,31)/b27-13-. The predicted molar refractivity (Wildman–Crippen MR) is 133 cm³/mol. The number of rotatable bonds is 6. The zero-order valence-electron chi connectivity index (χ0n) is 18.1. The van der Waals surface area contributed by atoms with E-state index in [-0.39, 0.29) is 11.5 Å². The van der Waals surface area contributed by atoms with Crippen LogP contribution in [0.25, 0.3) is 0 Å². The summed E-state index contributed by atoms with van der Waals surface area (Å²) < 4.78 is 11.5. The maximum absolute atomic E-state index is 12.4. The number of nitrogens with zero attached hydrogens (tertiary/aromatic N) is 1. The summed E-state index contributed by atoms with van der Waals surface area (Å²) in [6.45, 7) is 1.82. The van der Waals surface area contributed by atoms with Crippen molar-refractivity contribution in [2.24, 2.45) is 5.10 Å². The third kappa shape index (κ3) is 6.66. The van der Waals surface area contributed by atoms with Crippen molar-refractivity contribution < 1.29 is 23.9 Å². The highest BCUT2D eigenvalue weighted by molar-refractivity contribution is 9.10. The first kappa shape index (κ1) is 24.9. The Bertz CT molecular complexity index is 1280. The number of hydrazone groups is 1. The van der Waals surface area contributed by atoms with Gasteiger partial charge in [0, 0.05) is 15.2 Å². The second-order valence-electron chi connectivity index (χ2n) is 6.93. The fourth-order valence-corrected chi connectivity index (χ4v) is 3.28. The number of anilines is 1. The molecule has 10 heteroatoms. The largest absolute Gasteiger partial charge is 0.493 e. The van der Waals surface area contributed by atoms with Crippen molar-refractivity contribution in [1.29, 1.82) is 0 Å². The van der Waals surface area contributed by atoms with E-state index in [2.05, 4.69) is 31.8 Å². The molecule has 3 rings (SSSR count). The van der Waals surface area contributed by atoms with E-state index < -0.39 is 17.8 Å². The monoisotopic (exact) mass is 543 g/mol. The van der Waals surface area contributed by atoms with Crippen molar-refractivity contribution in [3.63, 3.8) is 0 Å². The van der Waals surface area contributed by atoms with Crippen LogP contribution < -0.4 is 20.2 Å². The molecule has 0 radical (unpaired) electrons. The van der Waals surface area contributed by atoms with Gasteiger partial charge in [-0.25, -0.2) is 10.2 Å². The Labute approximate surface area is 209 Å². The van der Waals surface area contributed by atoms with Crippen molar-refractivity contribution >= 4 is 57.2 Å². The average Bonchev–Trinajstić information content (AvgIpc) is 2.82. The number of nitrogens with one attached hydrogen (secondary N) is 2. The van der Waals surface area contributed by atoms with Gasteiger partial charge in [0.2, 0.25) is 0 Å². The minimum Gasteiger partial charge on any atom is -0.493 e. The Kier molecular flexibility index (Phi) is 8.39. The molecule has 0 spiro atoms. The van der Waals surface area contributed by atoms with Gasteiger partial charge in [0.05, 0.1) is 18.9 Å².